The second-order valence-electron chi connectivity index (χ2n) is 9.22. The van der Waals surface area contributed by atoms with E-state index in [1.54, 1.807) is 6.07 Å². The lowest BCUT2D eigenvalue weighted by atomic mass is 9.85. The highest BCUT2D eigenvalue weighted by atomic mass is 19.1. The lowest BCUT2D eigenvalue weighted by molar-refractivity contribution is -0.138. The average molecular weight is 453 g/mol. The van der Waals surface area contributed by atoms with Crippen LogP contribution in [0.4, 0.5) is 10.2 Å². The van der Waals surface area contributed by atoms with Crippen molar-refractivity contribution in [2.24, 2.45) is 5.92 Å². The molecule has 0 radical (unpaired) electrons. The quantitative estimate of drug-likeness (QED) is 0.559. The molecule has 0 bridgehead atoms. The molecule has 2 N–H and O–H groups in total. The van der Waals surface area contributed by atoms with Crippen LogP contribution in [-0.4, -0.2) is 51.3 Å². The second kappa shape index (κ2) is 9.47. The predicted octanol–water partition coefficient (Wildman–Crippen LogP) is 4.78. The fraction of sp³-hybridized carbons (Fsp3) is 0.480. The summed E-state index contributed by atoms with van der Waals surface area (Å²) in [4.78, 5) is 25.5. The van der Waals surface area contributed by atoms with Gasteiger partial charge in [-0.25, -0.2) is 14.4 Å². The molecule has 0 atom stereocenters. The maximum absolute atomic E-state index is 13.4. The number of ether oxygens (including phenoxy) is 1. The summed E-state index contributed by atoms with van der Waals surface area (Å²) in [6.45, 7) is 1.80. The van der Waals surface area contributed by atoms with Crippen molar-refractivity contribution in [3.8, 4) is 11.4 Å². The smallest absolute Gasteiger partial charge is 0.303 e. The van der Waals surface area contributed by atoms with Crippen LogP contribution >= 0.6 is 0 Å². The Kier molecular flexibility index (Phi) is 6.26. The standard InChI is InChI=1S/C25H29FN4O3/c26-18-4-7-21-22(14-18)29-25(28-21)17-3-8-23(27-15-17)30-11-9-20(10-12-30)33-19-5-1-16(2-6-19)13-24(31)32/h3-4,7-8,14-16,19-20H,1-2,5-6,9-13H2,(H,28,29)(H,31,32)/t16-,19+. The number of anilines is 1. The van der Waals surface area contributed by atoms with E-state index in [1.165, 1.54) is 12.1 Å². The molecule has 33 heavy (non-hydrogen) atoms. The Morgan fingerprint density at radius 2 is 1.85 bits per heavy atom. The van der Waals surface area contributed by atoms with E-state index in [2.05, 4.69) is 19.9 Å². The molecule has 2 aromatic heterocycles. The summed E-state index contributed by atoms with van der Waals surface area (Å²) in [5, 5.41) is 8.97. The van der Waals surface area contributed by atoms with Crippen LogP contribution in [-0.2, 0) is 9.53 Å². The Hall–Kier alpha value is -3.00. The number of carbonyl (C=O) groups is 1. The van der Waals surface area contributed by atoms with Gasteiger partial charge >= 0.3 is 5.97 Å². The van der Waals surface area contributed by atoms with Gasteiger partial charge < -0.3 is 19.7 Å². The number of benzene rings is 1. The highest BCUT2D eigenvalue weighted by molar-refractivity contribution is 5.79. The largest absolute Gasteiger partial charge is 0.481 e. The van der Waals surface area contributed by atoms with Crippen molar-refractivity contribution in [1.82, 2.24) is 15.0 Å². The normalized spacial score (nSPS) is 22.0. The number of fused-ring (bicyclic) bond motifs is 1. The first kappa shape index (κ1) is 21.8. The van der Waals surface area contributed by atoms with Crippen LogP contribution in [0.1, 0.15) is 44.9 Å². The van der Waals surface area contributed by atoms with Gasteiger partial charge in [0.25, 0.3) is 0 Å². The highest BCUT2D eigenvalue weighted by Gasteiger charge is 2.28. The third-order valence-corrected chi connectivity index (χ3v) is 6.87. The molecule has 0 spiro atoms. The molecule has 0 amide bonds. The summed E-state index contributed by atoms with van der Waals surface area (Å²) in [5.41, 5.74) is 2.27. The third-order valence-electron chi connectivity index (χ3n) is 6.87. The summed E-state index contributed by atoms with van der Waals surface area (Å²) in [6, 6.07) is 8.52. The number of nitrogens with zero attached hydrogens (tertiary/aromatic N) is 3. The number of carboxylic acid groups (broad SMARTS) is 1. The fourth-order valence-corrected chi connectivity index (χ4v) is 5.04. The van der Waals surface area contributed by atoms with Crippen LogP contribution in [0.25, 0.3) is 22.4 Å². The predicted molar refractivity (Wildman–Crippen MR) is 124 cm³/mol. The molecule has 1 saturated carbocycles. The highest BCUT2D eigenvalue weighted by Crippen LogP contribution is 2.31. The van der Waals surface area contributed by atoms with Gasteiger partial charge in [-0.15, -0.1) is 0 Å². The first-order chi connectivity index (χ1) is 16.0. The zero-order valence-corrected chi connectivity index (χ0v) is 18.5. The minimum absolute atomic E-state index is 0.262. The number of piperidine rings is 1. The van der Waals surface area contributed by atoms with Crippen molar-refractivity contribution < 1.29 is 19.0 Å². The van der Waals surface area contributed by atoms with Crippen molar-refractivity contribution in [3.05, 3.63) is 42.3 Å². The zero-order valence-electron chi connectivity index (χ0n) is 18.5. The molecule has 1 aromatic carbocycles. The molecule has 0 unspecified atom stereocenters. The number of hydrogen-bond donors (Lipinski definition) is 2. The molecule has 8 heteroatoms. The maximum atomic E-state index is 13.4. The average Bonchev–Trinajstić information content (AvgIpc) is 3.24. The van der Waals surface area contributed by atoms with Gasteiger partial charge in [-0.1, -0.05) is 0 Å². The van der Waals surface area contributed by atoms with Gasteiger partial charge in [0.05, 0.1) is 23.2 Å². The minimum Gasteiger partial charge on any atom is -0.481 e. The Labute approximate surface area is 192 Å². The van der Waals surface area contributed by atoms with Gasteiger partial charge in [-0.05, 0) is 74.8 Å². The van der Waals surface area contributed by atoms with Gasteiger partial charge in [-0.3, -0.25) is 4.79 Å². The van der Waals surface area contributed by atoms with E-state index in [4.69, 9.17) is 9.84 Å². The van der Waals surface area contributed by atoms with E-state index in [0.717, 1.165) is 68.5 Å². The molecule has 2 fully saturated rings. The number of aliphatic carboxylic acids is 1. The molecule has 2 aliphatic rings. The second-order valence-corrected chi connectivity index (χ2v) is 9.22. The topological polar surface area (TPSA) is 91.3 Å². The summed E-state index contributed by atoms with van der Waals surface area (Å²) >= 11 is 0. The molecule has 1 aliphatic carbocycles. The lowest BCUT2D eigenvalue weighted by Gasteiger charge is -2.36. The Morgan fingerprint density at radius 3 is 2.55 bits per heavy atom. The number of rotatable bonds is 6. The fourth-order valence-electron chi connectivity index (χ4n) is 5.04. The molecule has 7 nitrogen and oxygen atoms in total. The number of imidazole rings is 1. The summed E-state index contributed by atoms with van der Waals surface area (Å²) < 4.78 is 19.8. The first-order valence-corrected chi connectivity index (χ1v) is 11.8. The SMILES string of the molecule is O=C(O)C[C@H]1CC[C@@H](OC2CCN(c3ccc(-c4nc5ccc(F)cc5[nH]4)cn3)CC2)CC1. The number of H-pyrrole nitrogens is 1. The molecule has 5 rings (SSSR count). The van der Waals surface area contributed by atoms with Gasteiger partial charge in [0.15, 0.2) is 0 Å². The molecular formula is C25H29FN4O3. The molecule has 174 valence electrons. The van der Waals surface area contributed by atoms with E-state index in [9.17, 15) is 9.18 Å². The summed E-state index contributed by atoms with van der Waals surface area (Å²) in [5.74, 6) is 0.943. The van der Waals surface area contributed by atoms with Crippen LogP contribution in [0.5, 0.6) is 0 Å². The Morgan fingerprint density at radius 1 is 1.09 bits per heavy atom. The number of halogens is 1. The molecule has 3 heterocycles. The van der Waals surface area contributed by atoms with Crippen LogP contribution in [0.3, 0.4) is 0 Å². The molecule has 3 aromatic rings. The van der Waals surface area contributed by atoms with E-state index >= 15 is 0 Å². The summed E-state index contributed by atoms with van der Waals surface area (Å²) in [7, 11) is 0. The summed E-state index contributed by atoms with van der Waals surface area (Å²) in [6.07, 6.45) is 8.39. The number of aromatic amines is 1. The number of carboxylic acids is 1. The monoisotopic (exact) mass is 452 g/mol. The maximum Gasteiger partial charge on any atom is 0.303 e. The molecule has 1 saturated heterocycles. The van der Waals surface area contributed by atoms with Gasteiger partial charge in [-0.2, -0.15) is 0 Å². The van der Waals surface area contributed by atoms with Crippen LogP contribution in [0.2, 0.25) is 0 Å². The molecule has 1 aliphatic heterocycles. The van der Waals surface area contributed by atoms with E-state index in [0.29, 0.717) is 17.3 Å². The van der Waals surface area contributed by atoms with Crippen molar-refractivity contribution >= 4 is 22.8 Å². The number of nitrogens with one attached hydrogen (secondary N) is 1. The van der Waals surface area contributed by atoms with Gasteiger partial charge in [0, 0.05) is 31.3 Å². The van der Waals surface area contributed by atoms with Crippen molar-refractivity contribution in [2.45, 2.75) is 57.2 Å². The third kappa shape index (κ3) is 5.16. The first-order valence-electron chi connectivity index (χ1n) is 11.8. The van der Waals surface area contributed by atoms with Crippen molar-refractivity contribution in [3.63, 3.8) is 0 Å². The Balaban J connectivity index is 1.12. The van der Waals surface area contributed by atoms with Crippen molar-refractivity contribution in [2.75, 3.05) is 18.0 Å². The minimum atomic E-state index is -0.693. The van der Waals surface area contributed by atoms with Crippen LogP contribution in [0.15, 0.2) is 36.5 Å². The number of aromatic nitrogens is 3. The van der Waals surface area contributed by atoms with E-state index < -0.39 is 5.97 Å². The zero-order chi connectivity index (χ0) is 22.8. The van der Waals surface area contributed by atoms with E-state index in [1.807, 2.05) is 18.3 Å². The molecular weight excluding hydrogens is 423 g/mol. The van der Waals surface area contributed by atoms with Gasteiger partial charge in [0.2, 0.25) is 0 Å². The lowest BCUT2D eigenvalue weighted by Crippen LogP contribution is -2.39. The van der Waals surface area contributed by atoms with Gasteiger partial charge in [0.1, 0.15) is 17.5 Å². The number of pyridine rings is 1. The van der Waals surface area contributed by atoms with E-state index in [-0.39, 0.29) is 24.4 Å². The van der Waals surface area contributed by atoms with Crippen LogP contribution in [0, 0.1) is 11.7 Å². The van der Waals surface area contributed by atoms with Crippen LogP contribution < -0.4 is 4.90 Å². The van der Waals surface area contributed by atoms with Crippen molar-refractivity contribution in [1.29, 1.82) is 0 Å². The Bertz CT molecular complexity index is 1100. The number of hydrogen-bond acceptors (Lipinski definition) is 5.